The van der Waals surface area contributed by atoms with Gasteiger partial charge in [-0.2, -0.15) is 0 Å². The summed E-state index contributed by atoms with van der Waals surface area (Å²) < 4.78 is 25.3. The van der Waals surface area contributed by atoms with Gasteiger partial charge >= 0.3 is 0 Å². The topological polar surface area (TPSA) is 54.5 Å². The number of benzene rings is 2. The SMILES string of the molecule is O=C(c1ccccc1Cl)N1CCC(S(=O)(=O)c2ccccc2)CC1. The normalized spacial score (nSPS) is 16.1. The Morgan fingerprint density at radius 2 is 1.54 bits per heavy atom. The maximum atomic E-state index is 12.7. The zero-order valence-corrected chi connectivity index (χ0v) is 14.6. The van der Waals surface area contributed by atoms with Gasteiger partial charge in [0.25, 0.3) is 5.91 Å². The Morgan fingerprint density at radius 1 is 0.958 bits per heavy atom. The second-order valence-corrected chi connectivity index (χ2v) is 8.46. The highest BCUT2D eigenvalue weighted by molar-refractivity contribution is 7.92. The number of sulfone groups is 1. The van der Waals surface area contributed by atoms with Crippen LogP contribution >= 0.6 is 11.6 Å². The molecule has 0 spiro atoms. The maximum absolute atomic E-state index is 12.7. The molecule has 1 aliphatic heterocycles. The summed E-state index contributed by atoms with van der Waals surface area (Å²) in [4.78, 5) is 14.6. The van der Waals surface area contributed by atoms with E-state index in [2.05, 4.69) is 0 Å². The number of halogens is 1. The summed E-state index contributed by atoms with van der Waals surface area (Å²) in [6.07, 6.45) is 0.876. The highest BCUT2D eigenvalue weighted by atomic mass is 35.5. The van der Waals surface area contributed by atoms with Gasteiger partial charge in [-0.1, -0.05) is 41.9 Å². The van der Waals surface area contributed by atoms with Gasteiger partial charge in [0.1, 0.15) is 0 Å². The molecule has 1 fully saturated rings. The number of nitrogens with zero attached hydrogens (tertiary/aromatic N) is 1. The van der Waals surface area contributed by atoms with Gasteiger partial charge in [0.15, 0.2) is 9.84 Å². The lowest BCUT2D eigenvalue weighted by Crippen LogP contribution is -2.42. The molecule has 2 aromatic carbocycles. The Kier molecular flexibility index (Phi) is 4.92. The van der Waals surface area contributed by atoms with Gasteiger partial charge in [0, 0.05) is 13.1 Å². The zero-order chi connectivity index (χ0) is 17.2. The second-order valence-electron chi connectivity index (χ2n) is 5.83. The van der Waals surface area contributed by atoms with Crippen molar-refractivity contribution in [1.29, 1.82) is 0 Å². The molecule has 0 N–H and O–H groups in total. The summed E-state index contributed by atoms with van der Waals surface area (Å²) in [5, 5.41) is -0.0308. The van der Waals surface area contributed by atoms with Crippen LogP contribution in [0, 0.1) is 0 Å². The smallest absolute Gasteiger partial charge is 0.255 e. The molecule has 1 heterocycles. The minimum atomic E-state index is -3.35. The van der Waals surface area contributed by atoms with Gasteiger partial charge < -0.3 is 4.90 Å². The first-order valence-electron chi connectivity index (χ1n) is 7.83. The van der Waals surface area contributed by atoms with E-state index in [1.165, 1.54) is 0 Å². The van der Waals surface area contributed by atoms with E-state index in [0.717, 1.165) is 0 Å². The van der Waals surface area contributed by atoms with Crippen molar-refractivity contribution in [3.63, 3.8) is 0 Å². The van der Waals surface area contributed by atoms with E-state index >= 15 is 0 Å². The van der Waals surface area contributed by atoms with Crippen LogP contribution in [0.15, 0.2) is 59.5 Å². The van der Waals surface area contributed by atoms with E-state index in [-0.39, 0.29) is 5.91 Å². The summed E-state index contributed by atoms with van der Waals surface area (Å²) >= 11 is 6.08. The lowest BCUT2D eigenvalue weighted by molar-refractivity contribution is 0.0726. The average molecular weight is 364 g/mol. The number of amides is 1. The number of likely N-dealkylation sites (tertiary alicyclic amines) is 1. The van der Waals surface area contributed by atoms with Crippen molar-refractivity contribution < 1.29 is 13.2 Å². The molecule has 2 aromatic rings. The molecular weight excluding hydrogens is 346 g/mol. The molecule has 24 heavy (non-hydrogen) atoms. The van der Waals surface area contributed by atoms with E-state index in [0.29, 0.717) is 41.4 Å². The van der Waals surface area contributed by atoms with Gasteiger partial charge in [-0.05, 0) is 37.1 Å². The van der Waals surface area contributed by atoms with Crippen molar-refractivity contribution in [1.82, 2.24) is 4.90 Å². The number of carbonyl (C=O) groups is 1. The molecule has 0 unspecified atom stereocenters. The minimum Gasteiger partial charge on any atom is -0.339 e. The van der Waals surface area contributed by atoms with Crippen LogP contribution in [-0.2, 0) is 9.84 Å². The molecule has 3 rings (SSSR count). The Hall–Kier alpha value is -1.85. The standard InChI is InChI=1S/C18H18ClNO3S/c19-17-9-5-4-8-16(17)18(21)20-12-10-15(11-13-20)24(22,23)14-6-2-1-3-7-14/h1-9,15H,10-13H2. The van der Waals surface area contributed by atoms with Crippen LogP contribution in [0.1, 0.15) is 23.2 Å². The fraction of sp³-hybridized carbons (Fsp3) is 0.278. The summed E-state index contributed by atoms with van der Waals surface area (Å²) in [7, 11) is -3.35. The van der Waals surface area contributed by atoms with E-state index in [1.807, 2.05) is 0 Å². The third kappa shape index (κ3) is 3.32. The first-order valence-corrected chi connectivity index (χ1v) is 9.75. The highest BCUT2D eigenvalue weighted by Crippen LogP contribution is 2.26. The maximum Gasteiger partial charge on any atom is 0.255 e. The van der Waals surface area contributed by atoms with E-state index in [4.69, 9.17) is 11.6 Å². The van der Waals surface area contributed by atoms with Crippen LogP contribution in [0.2, 0.25) is 5.02 Å². The Morgan fingerprint density at radius 3 is 2.17 bits per heavy atom. The fourth-order valence-electron chi connectivity index (χ4n) is 2.98. The highest BCUT2D eigenvalue weighted by Gasteiger charge is 2.33. The molecule has 0 radical (unpaired) electrons. The quantitative estimate of drug-likeness (QED) is 0.839. The number of piperidine rings is 1. The first kappa shape index (κ1) is 17.0. The van der Waals surface area contributed by atoms with Gasteiger partial charge in [-0.3, -0.25) is 4.79 Å². The molecule has 0 aromatic heterocycles. The monoisotopic (exact) mass is 363 g/mol. The molecule has 0 atom stereocenters. The Labute approximate surface area is 147 Å². The summed E-state index contributed by atoms with van der Waals surface area (Å²) in [5.41, 5.74) is 0.462. The van der Waals surface area contributed by atoms with Crippen molar-refractivity contribution >= 4 is 27.3 Å². The molecule has 0 bridgehead atoms. The van der Waals surface area contributed by atoms with Crippen molar-refractivity contribution in [2.45, 2.75) is 23.0 Å². The zero-order valence-electron chi connectivity index (χ0n) is 13.1. The molecule has 6 heteroatoms. The van der Waals surface area contributed by atoms with Gasteiger partial charge in [0.05, 0.1) is 20.7 Å². The Balaban J connectivity index is 1.70. The molecule has 1 amide bonds. The van der Waals surface area contributed by atoms with Gasteiger partial charge in [-0.25, -0.2) is 8.42 Å². The lowest BCUT2D eigenvalue weighted by Gasteiger charge is -2.32. The minimum absolute atomic E-state index is 0.142. The lowest BCUT2D eigenvalue weighted by atomic mass is 10.1. The molecule has 1 saturated heterocycles. The average Bonchev–Trinajstić information content (AvgIpc) is 2.62. The number of hydrogen-bond acceptors (Lipinski definition) is 3. The summed E-state index contributed by atoms with van der Waals surface area (Å²) in [5.74, 6) is -0.142. The molecule has 0 aliphatic carbocycles. The number of carbonyl (C=O) groups excluding carboxylic acids is 1. The molecule has 1 aliphatic rings. The van der Waals surface area contributed by atoms with Crippen molar-refractivity contribution in [3.8, 4) is 0 Å². The molecule has 4 nitrogen and oxygen atoms in total. The van der Waals surface area contributed by atoms with Crippen LogP contribution in [-0.4, -0.2) is 37.6 Å². The van der Waals surface area contributed by atoms with Crippen LogP contribution in [0.25, 0.3) is 0 Å². The predicted octanol–water partition coefficient (Wildman–Crippen LogP) is 3.42. The van der Waals surface area contributed by atoms with Crippen molar-refractivity contribution in [3.05, 3.63) is 65.2 Å². The van der Waals surface area contributed by atoms with Crippen LogP contribution in [0.4, 0.5) is 0 Å². The summed E-state index contributed by atoms with van der Waals surface area (Å²) in [6, 6.07) is 15.4. The van der Waals surface area contributed by atoms with Crippen molar-refractivity contribution in [2.75, 3.05) is 13.1 Å². The van der Waals surface area contributed by atoms with Crippen molar-refractivity contribution in [2.24, 2.45) is 0 Å². The van der Waals surface area contributed by atoms with E-state index in [1.54, 1.807) is 59.5 Å². The number of hydrogen-bond donors (Lipinski definition) is 0. The van der Waals surface area contributed by atoms with E-state index in [9.17, 15) is 13.2 Å². The van der Waals surface area contributed by atoms with E-state index < -0.39 is 15.1 Å². The molecule has 0 saturated carbocycles. The molecular formula is C18H18ClNO3S. The van der Waals surface area contributed by atoms with Crippen LogP contribution in [0.5, 0.6) is 0 Å². The molecule has 126 valence electrons. The largest absolute Gasteiger partial charge is 0.339 e. The fourth-order valence-corrected chi connectivity index (χ4v) is 4.95. The second kappa shape index (κ2) is 6.95. The third-order valence-corrected chi connectivity index (χ3v) is 6.95. The van der Waals surface area contributed by atoms with Gasteiger partial charge in [-0.15, -0.1) is 0 Å². The Bertz CT molecular complexity index is 828. The summed E-state index contributed by atoms with van der Waals surface area (Å²) in [6.45, 7) is 0.835. The van der Waals surface area contributed by atoms with Crippen LogP contribution < -0.4 is 0 Å². The first-order chi connectivity index (χ1) is 11.5. The van der Waals surface area contributed by atoms with Crippen LogP contribution in [0.3, 0.4) is 0 Å². The number of rotatable bonds is 3. The third-order valence-electron chi connectivity index (χ3n) is 4.34. The predicted molar refractivity (Wildman–Crippen MR) is 94.0 cm³/mol. The van der Waals surface area contributed by atoms with Gasteiger partial charge in [0.2, 0.25) is 0 Å².